The topological polar surface area (TPSA) is 37.4 Å². The van der Waals surface area contributed by atoms with E-state index < -0.39 is 0 Å². The molecular weight excluding hydrogens is 262 g/mol. The summed E-state index contributed by atoms with van der Waals surface area (Å²) in [5.41, 5.74) is 1.30. The van der Waals surface area contributed by atoms with E-state index in [9.17, 15) is 0 Å². The molecule has 118 valence electrons. The molecule has 4 nitrogen and oxygen atoms in total. The van der Waals surface area contributed by atoms with E-state index in [-0.39, 0.29) is 0 Å². The van der Waals surface area contributed by atoms with Gasteiger partial charge in [0.15, 0.2) is 0 Å². The zero-order valence-electron chi connectivity index (χ0n) is 13.3. The van der Waals surface area contributed by atoms with Gasteiger partial charge in [0.25, 0.3) is 0 Å². The van der Waals surface area contributed by atoms with Crippen molar-refractivity contribution in [3.05, 3.63) is 24.5 Å². The van der Waals surface area contributed by atoms with E-state index in [0.717, 1.165) is 39.3 Å². The molecule has 1 aliphatic heterocycles. The maximum atomic E-state index is 5.58. The smallest absolute Gasteiger partial charge is 0.0478 e. The van der Waals surface area contributed by atoms with Gasteiger partial charge in [-0.05, 0) is 44.4 Å². The average Bonchev–Trinajstić information content (AvgIpc) is 2.55. The number of pyridine rings is 1. The molecular formula is C17H29N3O. The van der Waals surface area contributed by atoms with Crippen LogP contribution in [0.2, 0.25) is 0 Å². The molecule has 1 N–H and O–H groups in total. The summed E-state index contributed by atoms with van der Waals surface area (Å²) in [5.74, 6) is 0. The average molecular weight is 291 g/mol. The summed E-state index contributed by atoms with van der Waals surface area (Å²) in [6.07, 6.45) is 9.71. The molecule has 21 heavy (non-hydrogen) atoms. The molecule has 1 aliphatic rings. The second-order valence-electron chi connectivity index (χ2n) is 5.74. The standard InChI is InChI=1S/C17H29N3O/c1-2-3-14-21-15-4-9-19-16-7-12-20(13-8-16)17-5-10-18-11-6-17/h5-6,10-11,16,19H,2-4,7-9,12-15H2,1H3. The molecule has 1 aromatic heterocycles. The molecule has 0 aromatic carbocycles. The lowest BCUT2D eigenvalue weighted by atomic mass is 10.0. The summed E-state index contributed by atoms with van der Waals surface area (Å²) in [6, 6.07) is 4.86. The molecule has 2 heterocycles. The molecule has 0 saturated carbocycles. The minimum Gasteiger partial charge on any atom is -0.381 e. The van der Waals surface area contributed by atoms with E-state index in [2.05, 4.69) is 34.3 Å². The molecule has 0 aliphatic carbocycles. The largest absolute Gasteiger partial charge is 0.381 e. The molecule has 1 aromatic rings. The SMILES string of the molecule is CCCCOCCCNC1CCN(c2ccncc2)CC1. The molecule has 0 amide bonds. The normalized spacial score (nSPS) is 16.3. The van der Waals surface area contributed by atoms with E-state index in [1.165, 1.54) is 31.4 Å². The number of hydrogen-bond acceptors (Lipinski definition) is 4. The highest BCUT2D eigenvalue weighted by atomic mass is 16.5. The van der Waals surface area contributed by atoms with Gasteiger partial charge < -0.3 is 15.0 Å². The van der Waals surface area contributed by atoms with Gasteiger partial charge in [0, 0.05) is 50.4 Å². The Morgan fingerprint density at radius 1 is 1.19 bits per heavy atom. The Labute approximate surface area is 128 Å². The molecule has 4 heteroatoms. The van der Waals surface area contributed by atoms with Crippen molar-refractivity contribution in [2.24, 2.45) is 0 Å². The van der Waals surface area contributed by atoms with Gasteiger partial charge in [-0.1, -0.05) is 13.3 Å². The summed E-state index contributed by atoms with van der Waals surface area (Å²) < 4.78 is 5.58. The fourth-order valence-corrected chi connectivity index (χ4v) is 2.73. The summed E-state index contributed by atoms with van der Waals surface area (Å²) in [5, 5.41) is 3.67. The predicted molar refractivity (Wildman–Crippen MR) is 87.8 cm³/mol. The Morgan fingerprint density at radius 2 is 1.90 bits per heavy atom. The highest BCUT2D eigenvalue weighted by Gasteiger charge is 2.18. The Hall–Kier alpha value is -1.13. The summed E-state index contributed by atoms with van der Waals surface area (Å²) >= 11 is 0. The van der Waals surface area contributed by atoms with Gasteiger partial charge in [0.05, 0.1) is 0 Å². The first-order valence-corrected chi connectivity index (χ1v) is 8.36. The van der Waals surface area contributed by atoms with Crippen molar-refractivity contribution >= 4 is 5.69 Å². The van der Waals surface area contributed by atoms with Crippen molar-refractivity contribution in [1.82, 2.24) is 10.3 Å². The summed E-state index contributed by atoms with van der Waals surface area (Å²) in [6.45, 7) is 7.35. The zero-order valence-corrected chi connectivity index (χ0v) is 13.3. The Kier molecular flexibility index (Phi) is 7.54. The van der Waals surface area contributed by atoms with Crippen LogP contribution < -0.4 is 10.2 Å². The van der Waals surface area contributed by atoms with Crippen LogP contribution in [0.25, 0.3) is 0 Å². The van der Waals surface area contributed by atoms with Crippen LogP contribution in [0, 0.1) is 0 Å². The maximum Gasteiger partial charge on any atom is 0.0478 e. The number of aromatic nitrogens is 1. The van der Waals surface area contributed by atoms with Crippen LogP contribution in [0.15, 0.2) is 24.5 Å². The fraction of sp³-hybridized carbons (Fsp3) is 0.706. The third-order valence-corrected chi connectivity index (χ3v) is 4.06. The van der Waals surface area contributed by atoms with Crippen molar-refractivity contribution < 1.29 is 4.74 Å². The lowest BCUT2D eigenvalue weighted by Gasteiger charge is -2.34. The molecule has 0 radical (unpaired) electrons. The third kappa shape index (κ3) is 6.02. The lowest BCUT2D eigenvalue weighted by Crippen LogP contribution is -2.43. The van der Waals surface area contributed by atoms with E-state index in [1.54, 1.807) is 0 Å². The lowest BCUT2D eigenvalue weighted by molar-refractivity contribution is 0.128. The molecule has 0 unspecified atom stereocenters. The number of anilines is 1. The fourth-order valence-electron chi connectivity index (χ4n) is 2.73. The molecule has 0 bridgehead atoms. The second-order valence-corrected chi connectivity index (χ2v) is 5.74. The maximum absolute atomic E-state index is 5.58. The van der Waals surface area contributed by atoms with Crippen LogP contribution >= 0.6 is 0 Å². The van der Waals surface area contributed by atoms with E-state index in [1.807, 2.05) is 12.4 Å². The van der Waals surface area contributed by atoms with Gasteiger partial charge in [-0.25, -0.2) is 0 Å². The van der Waals surface area contributed by atoms with Gasteiger partial charge in [-0.3, -0.25) is 4.98 Å². The van der Waals surface area contributed by atoms with Gasteiger partial charge in [-0.2, -0.15) is 0 Å². The molecule has 1 saturated heterocycles. The number of hydrogen-bond donors (Lipinski definition) is 1. The number of nitrogens with one attached hydrogen (secondary N) is 1. The van der Waals surface area contributed by atoms with Crippen LogP contribution in [0.5, 0.6) is 0 Å². The third-order valence-electron chi connectivity index (χ3n) is 4.06. The predicted octanol–water partition coefficient (Wildman–Crippen LogP) is 2.85. The summed E-state index contributed by atoms with van der Waals surface area (Å²) in [7, 11) is 0. The van der Waals surface area contributed by atoms with Crippen LogP contribution in [0.4, 0.5) is 5.69 Å². The highest BCUT2D eigenvalue weighted by molar-refractivity contribution is 5.44. The first-order valence-electron chi connectivity index (χ1n) is 8.36. The van der Waals surface area contributed by atoms with E-state index >= 15 is 0 Å². The molecule has 0 atom stereocenters. The van der Waals surface area contributed by atoms with Crippen molar-refractivity contribution in [2.45, 2.75) is 45.1 Å². The number of piperidine rings is 1. The van der Waals surface area contributed by atoms with Crippen LogP contribution in [-0.4, -0.2) is 43.9 Å². The highest BCUT2D eigenvalue weighted by Crippen LogP contribution is 2.18. The van der Waals surface area contributed by atoms with Crippen LogP contribution in [0.3, 0.4) is 0 Å². The van der Waals surface area contributed by atoms with Crippen molar-refractivity contribution in [3.63, 3.8) is 0 Å². The number of ether oxygens (including phenoxy) is 1. The minimum atomic E-state index is 0.665. The minimum absolute atomic E-state index is 0.665. The van der Waals surface area contributed by atoms with Crippen molar-refractivity contribution in [1.29, 1.82) is 0 Å². The molecule has 1 fully saturated rings. The molecule has 0 spiro atoms. The second kappa shape index (κ2) is 9.74. The zero-order chi connectivity index (χ0) is 14.8. The number of rotatable bonds is 9. The van der Waals surface area contributed by atoms with Gasteiger partial charge in [0.2, 0.25) is 0 Å². The quantitative estimate of drug-likeness (QED) is 0.710. The van der Waals surface area contributed by atoms with Gasteiger partial charge >= 0.3 is 0 Å². The van der Waals surface area contributed by atoms with Crippen molar-refractivity contribution in [3.8, 4) is 0 Å². The van der Waals surface area contributed by atoms with Gasteiger partial charge in [-0.15, -0.1) is 0 Å². The van der Waals surface area contributed by atoms with E-state index in [4.69, 9.17) is 4.74 Å². The number of unbranched alkanes of at least 4 members (excludes halogenated alkanes) is 1. The Morgan fingerprint density at radius 3 is 2.62 bits per heavy atom. The summed E-state index contributed by atoms with van der Waals surface area (Å²) in [4.78, 5) is 6.53. The first-order chi connectivity index (χ1) is 10.4. The monoisotopic (exact) mass is 291 g/mol. The van der Waals surface area contributed by atoms with E-state index in [0.29, 0.717) is 6.04 Å². The van der Waals surface area contributed by atoms with Crippen molar-refractivity contribution in [2.75, 3.05) is 37.7 Å². The van der Waals surface area contributed by atoms with Crippen LogP contribution in [-0.2, 0) is 4.74 Å². The van der Waals surface area contributed by atoms with Crippen LogP contribution in [0.1, 0.15) is 39.0 Å². The Balaban J connectivity index is 1.53. The first kappa shape index (κ1) is 16.2. The van der Waals surface area contributed by atoms with Gasteiger partial charge in [0.1, 0.15) is 0 Å². The molecule has 2 rings (SSSR count). The Bertz CT molecular complexity index is 364. The number of nitrogens with zero attached hydrogens (tertiary/aromatic N) is 2.